The number of benzene rings is 2. The molecule has 1 aliphatic heterocycles. The first-order valence-corrected chi connectivity index (χ1v) is 11.4. The third-order valence-corrected chi connectivity index (χ3v) is 6.58. The number of halogens is 1. The van der Waals surface area contributed by atoms with E-state index in [1.807, 2.05) is 35.0 Å². The summed E-state index contributed by atoms with van der Waals surface area (Å²) in [5, 5.41) is 11.6. The number of carbonyl (C=O) groups is 1. The molecule has 2 N–H and O–H groups in total. The molecule has 1 amide bonds. The number of nitrogens with one attached hydrogen (secondary N) is 2. The highest BCUT2D eigenvalue weighted by Gasteiger charge is 2.22. The van der Waals surface area contributed by atoms with Gasteiger partial charge in [-0.15, -0.1) is 11.3 Å². The van der Waals surface area contributed by atoms with Crippen LogP contribution in [0.1, 0.15) is 16.9 Å². The van der Waals surface area contributed by atoms with Crippen molar-refractivity contribution in [1.29, 1.82) is 0 Å². The van der Waals surface area contributed by atoms with E-state index in [1.54, 1.807) is 12.3 Å². The molecule has 1 saturated heterocycles. The van der Waals surface area contributed by atoms with Gasteiger partial charge in [-0.05, 0) is 42.0 Å². The Balaban J connectivity index is 1.25. The lowest BCUT2D eigenvalue weighted by atomic mass is 10.1. The molecule has 9 heteroatoms. The fourth-order valence-corrected chi connectivity index (χ4v) is 4.76. The van der Waals surface area contributed by atoms with E-state index in [4.69, 9.17) is 0 Å². The number of fused-ring (bicyclic) bond motifs is 2. The highest BCUT2D eigenvalue weighted by atomic mass is 32.1. The first kappa shape index (κ1) is 20.3. The first-order valence-electron chi connectivity index (χ1n) is 10.6. The van der Waals surface area contributed by atoms with Crippen LogP contribution in [-0.4, -0.2) is 31.7 Å². The van der Waals surface area contributed by atoms with Crippen molar-refractivity contribution in [2.45, 2.75) is 19.0 Å². The number of aromatic nitrogens is 4. The molecule has 0 aliphatic carbocycles. The maximum absolute atomic E-state index is 13.5. The normalized spacial score (nSPS) is 15.0. The largest absolute Gasteiger partial charge is 0.342 e. The Bertz CT molecular complexity index is 1620. The van der Waals surface area contributed by atoms with Crippen molar-refractivity contribution in [3.8, 4) is 11.8 Å². The molecule has 3 aromatic heterocycles. The summed E-state index contributed by atoms with van der Waals surface area (Å²) in [7, 11) is 0. The average molecular weight is 469 g/mol. The van der Waals surface area contributed by atoms with E-state index >= 15 is 0 Å². The zero-order valence-electron chi connectivity index (χ0n) is 17.7. The van der Waals surface area contributed by atoms with Crippen LogP contribution in [0.15, 0.2) is 61.1 Å². The van der Waals surface area contributed by atoms with Gasteiger partial charge >= 0.3 is 0 Å². The number of anilines is 2. The van der Waals surface area contributed by atoms with Crippen LogP contribution in [0.25, 0.3) is 21.1 Å². The van der Waals surface area contributed by atoms with Gasteiger partial charge in [0.05, 0.1) is 45.8 Å². The van der Waals surface area contributed by atoms with Crippen molar-refractivity contribution in [3.05, 3.63) is 77.3 Å². The van der Waals surface area contributed by atoms with Gasteiger partial charge in [-0.1, -0.05) is 24.0 Å². The van der Waals surface area contributed by atoms with Gasteiger partial charge in [0, 0.05) is 11.1 Å². The third kappa shape index (κ3) is 3.95. The number of β-lactam (4-membered cyclic amide) rings is 1. The molecule has 34 heavy (non-hydrogen) atoms. The summed E-state index contributed by atoms with van der Waals surface area (Å²) in [4.78, 5) is 20.7. The summed E-state index contributed by atoms with van der Waals surface area (Å²) in [5.74, 6) is 6.67. The number of carbonyl (C=O) groups excluding carboxylic acids is 1. The van der Waals surface area contributed by atoms with E-state index in [1.165, 1.54) is 29.8 Å². The van der Waals surface area contributed by atoms with Crippen LogP contribution >= 0.6 is 11.3 Å². The zero-order valence-corrected chi connectivity index (χ0v) is 18.6. The fraction of sp³-hybridized carbons (Fsp3) is 0.120. The zero-order chi connectivity index (χ0) is 23.1. The molecule has 1 atom stereocenters. The molecule has 2 aromatic carbocycles. The smallest absolute Gasteiger partial charge is 0.224 e. The average Bonchev–Trinajstić information content (AvgIpc) is 3.40. The fourth-order valence-electron chi connectivity index (χ4n) is 3.84. The first-order chi connectivity index (χ1) is 16.6. The van der Waals surface area contributed by atoms with E-state index in [9.17, 15) is 9.18 Å². The Morgan fingerprint density at radius 1 is 1.21 bits per heavy atom. The van der Waals surface area contributed by atoms with Crippen molar-refractivity contribution in [2.24, 2.45) is 0 Å². The summed E-state index contributed by atoms with van der Waals surface area (Å²) >= 11 is 1.51. The predicted molar refractivity (Wildman–Crippen MR) is 129 cm³/mol. The molecule has 0 spiro atoms. The van der Waals surface area contributed by atoms with Crippen LogP contribution in [-0.2, 0) is 11.3 Å². The number of hydrogen-bond acceptors (Lipinski definition) is 6. The molecular formula is C25H17FN6OS. The number of thiophene rings is 1. The maximum atomic E-state index is 13.5. The van der Waals surface area contributed by atoms with Gasteiger partial charge in [-0.3, -0.25) is 9.48 Å². The summed E-state index contributed by atoms with van der Waals surface area (Å²) < 4.78 is 16.3. The molecule has 6 rings (SSSR count). The molecule has 0 radical (unpaired) electrons. The second kappa shape index (κ2) is 8.24. The minimum Gasteiger partial charge on any atom is -0.342 e. The Labute approximate surface area is 197 Å². The highest BCUT2D eigenvalue weighted by molar-refractivity contribution is 7.20. The lowest BCUT2D eigenvalue weighted by Gasteiger charge is -2.20. The SMILES string of the molecule is O=C1C[C@@H](C#Cc2cc3ncnc(Nc4ccc5c(cnn5Cc5cccc(F)c5)c4)c3s2)N1. The van der Waals surface area contributed by atoms with E-state index in [0.717, 1.165) is 37.2 Å². The summed E-state index contributed by atoms with van der Waals surface area (Å²) in [6.45, 7) is 0.490. The third-order valence-electron chi connectivity index (χ3n) is 5.53. The van der Waals surface area contributed by atoms with Crippen LogP contribution in [0.4, 0.5) is 15.9 Å². The second-order valence-corrected chi connectivity index (χ2v) is 9.02. The van der Waals surface area contributed by atoms with Gasteiger partial charge in [0.25, 0.3) is 0 Å². The van der Waals surface area contributed by atoms with Crippen molar-refractivity contribution in [3.63, 3.8) is 0 Å². The van der Waals surface area contributed by atoms with E-state index in [-0.39, 0.29) is 17.8 Å². The molecule has 1 fully saturated rings. The van der Waals surface area contributed by atoms with Crippen molar-refractivity contribution < 1.29 is 9.18 Å². The number of hydrogen-bond donors (Lipinski definition) is 2. The molecule has 0 unspecified atom stereocenters. The number of rotatable bonds is 4. The van der Waals surface area contributed by atoms with Crippen LogP contribution < -0.4 is 10.6 Å². The van der Waals surface area contributed by atoms with Crippen molar-refractivity contribution in [2.75, 3.05) is 5.32 Å². The van der Waals surface area contributed by atoms with Crippen LogP contribution in [0.5, 0.6) is 0 Å². The van der Waals surface area contributed by atoms with Gasteiger partial charge in [0.2, 0.25) is 5.91 Å². The van der Waals surface area contributed by atoms with E-state index in [2.05, 4.69) is 37.5 Å². The van der Waals surface area contributed by atoms with Crippen LogP contribution in [0, 0.1) is 17.7 Å². The Kier molecular flexibility index (Phi) is 4.93. The Morgan fingerprint density at radius 2 is 2.12 bits per heavy atom. The van der Waals surface area contributed by atoms with Crippen molar-refractivity contribution >= 4 is 49.9 Å². The van der Waals surface area contributed by atoms with Gasteiger partial charge in [-0.2, -0.15) is 5.10 Å². The lowest BCUT2D eigenvalue weighted by Crippen LogP contribution is -2.47. The molecular weight excluding hydrogens is 451 g/mol. The molecule has 0 bridgehead atoms. The summed E-state index contributed by atoms with van der Waals surface area (Å²) in [6, 6.07) is 14.4. The Hall–Kier alpha value is -4.29. The van der Waals surface area contributed by atoms with Gasteiger partial charge < -0.3 is 10.6 Å². The molecule has 166 valence electrons. The Morgan fingerprint density at radius 3 is 2.97 bits per heavy atom. The highest BCUT2D eigenvalue weighted by Crippen LogP contribution is 2.31. The molecule has 1 aliphatic rings. The van der Waals surface area contributed by atoms with E-state index < -0.39 is 0 Å². The molecule has 7 nitrogen and oxygen atoms in total. The summed E-state index contributed by atoms with van der Waals surface area (Å²) in [5.41, 5.74) is 3.50. The standard InChI is InChI=1S/C25H17FN6OS/c26-17-3-1-2-15(8-17)13-32-22-7-5-18(9-16(22)12-29-32)31-25-24-21(27-14-28-25)11-20(34-24)6-4-19-10-23(33)30-19/h1-3,5,7-9,11-12,14,19H,10,13H2,(H,30,33)(H,27,28,31)/t19-/m1/s1. The van der Waals surface area contributed by atoms with Crippen LogP contribution in [0.3, 0.4) is 0 Å². The second-order valence-electron chi connectivity index (χ2n) is 7.97. The topological polar surface area (TPSA) is 84.7 Å². The maximum Gasteiger partial charge on any atom is 0.224 e. The predicted octanol–water partition coefficient (Wildman–Crippen LogP) is 4.21. The number of nitrogens with zero attached hydrogens (tertiary/aromatic N) is 4. The van der Waals surface area contributed by atoms with E-state index in [0.29, 0.717) is 18.8 Å². The van der Waals surface area contributed by atoms with Gasteiger partial charge in [-0.25, -0.2) is 14.4 Å². The summed E-state index contributed by atoms with van der Waals surface area (Å²) in [6.07, 6.45) is 3.77. The minimum atomic E-state index is -0.255. The molecule has 0 saturated carbocycles. The molecule has 4 heterocycles. The lowest BCUT2D eigenvalue weighted by molar-refractivity contribution is -0.126. The van der Waals surface area contributed by atoms with Crippen LogP contribution in [0.2, 0.25) is 0 Å². The van der Waals surface area contributed by atoms with Gasteiger partial charge in [0.15, 0.2) is 5.82 Å². The monoisotopic (exact) mass is 468 g/mol. The number of amides is 1. The quantitative estimate of drug-likeness (QED) is 0.305. The minimum absolute atomic E-state index is 0.0319. The van der Waals surface area contributed by atoms with Gasteiger partial charge in [0.1, 0.15) is 12.1 Å². The molecule has 5 aromatic rings. The van der Waals surface area contributed by atoms with Crippen molar-refractivity contribution in [1.82, 2.24) is 25.1 Å².